The van der Waals surface area contributed by atoms with Crippen molar-refractivity contribution in [3.63, 3.8) is 0 Å². The predicted octanol–water partition coefficient (Wildman–Crippen LogP) is 1.45. The van der Waals surface area contributed by atoms with Gasteiger partial charge in [0.2, 0.25) is 5.95 Å². The molecule has 0 aliphatic rings. The van der Waals surface area contributed by atoms with Crippen LogP contribution < -0.4 is 5.73 Å². The fraction of sp³-hybridized carbons (Fsp3) is 0. The van der Waals surface area contributed by atoms with Crippen LogP contribution in [0.1, 0.15) is 0 Å². The second-order valence-corrected chi connectivity index (χ2v) is 2.51. The van der Waals surface area contributed by atoms with Crippen LogP contribution in [0.3, 0.4) is 0 Å². The summed E-state index contributed by atoms with van der Waals surface area (Å²) in [5, 5.41) is 0. The van der Waals surface area contributed by atoms with Crippen molar-refractivity contribution >= 4 is 5.95 Å². The standard InChI is InChI=1S/C9H7N4/c10-9-12-5-3-8(13-9)7-2-1-4-11-6-7/h1-6,10H. The monoisotopic (exact) mass is 171 g/mol. The van der Waals surface area contributed by atoms with E-state index in [0.29, 0.717) is 0 Å². The molecule has 0 aliphatic heterocycles. The van der Waals surface area contributed by atoms with Crippen LogP contribution in [0, 0.1) is 0 Å². The van der Waals surface area contributed by atoms with Gasteiger partial charge in [-0.3, -0.25) is 10.7 Å². The van der Waals surface area contributed by atoms with Crippen molar-refractivity contribution in [2.24, 2.45) is 0 Å². The molecular formula is C9H7N4. The summed E-state index contributed by atoms with van der Waals surface area (Å²) in [5.74, 6) is 0.0290. The lowest BCUT2D eigenvalue weighted by Gasteiger charge is -1.98. The molecule has 1 N–H and O–H groups in total. The third kappa shape index (κ3) is 1.61. The summed E-state index contributed by atoms with van der Waals surface area (Å²) in [5.41, 5.74) is 8.87. The van der Waals surface area contributed by atoms with Crippen LogP contribution in [0.2, 0.25) is 0 Å². The van der Waals surface area contributed by atoms with E-state index in [2.05, 4.69) is 15.0 Å². The Hall–Kier alpha value is -1.97. The average molecular weight is 171 g/mol. The van der Waals surface area contributed by atoms with E-state index in [-0.39, 0.29) is 5.95 Å². The number of hydrogen-bond donors (Lipinski definition) is 0. The summed E-state index contributed by atoms with van der Waals surface area (Å²) in [6, 6.07) is 5.49. The predicted molar refractivity (Wildman–Crippen MR) is 48.0 cm³/mol. The molecule has 2 rings (SSSR count). The Labute approximate surface area is 75.5 Å². The second kappa shape index (κ2) is 3.18. The molecule has 0 amide bonds. The van der Waals surface area contributed by atoms with Crippen LogP contribution >= 0.6 is 0 Å². The van der Waals surface area contributed by atoms with Gasteiger partial charge in [0.05, 0.1) is 5.69 Å². The molecule has 0 aliphatic carbocycles. The lowest BCUT2D eigenvalue weighted by molar-refractivity contribution is 1.12. The minimum Gasteiger partial charge on any atom is -0.265 e. The molecule has 2 aromatic heterocycles. The lowest BCUT2D eigenvalue weighted by Crippen LogP contribution is -1.87. The normalized spacial score (nSPS) is 9.85. The van der Waals surface area contributed by atoms with Crippen molar-refractivity contribution in [1.29, 1.82) is 0 Å². The second-order valence-electron chi connectivity index (χ2n) is 2.51. The van der Waals surface area contributed by atoms with Crippen LogP contribution in [-0.2, 0) is 0 Å². The van der Waals surface area contributed by atoms with Gasteiger partial charge < -0.3 is 0 Å². The van der Waals surface area contributed by atoms with E-state index in [1.165, 1.54) is 0 Å². The molecule has 0 saturated carbocycles. The highest BCUT2D eigenvalue weighted by Gasteiger charge is 1.98. The van der Waals surface area contributed by atoms with E-state index >= 15 is 0 Å². The number of rotatable bonds is 1. The SMILES string of the molecule is [NH]c1nccc(-c2cccnc2)n1. The smallest absolute Gasteiger partial charge is 0.242 e. The Kier molecular flexibility index (Phi) is 1.88. The maximum atomic E-state index is 7.24. The third-order valence-electron chi connectivity index (χ3n) is 1.61. The molecule has 0 atom stereocenters. The minimum absolute atomic E-state index is 0.0290. The molecule has 0 bridgehead atoms. The van der Waals surface area contributed by atoms with Gasteiger partial charge in [0.1, 0.15) is 0 Å². The van der Waals surface area contributed by atoms with Gasteiger partial charge in [-0.25, -0.2) is 9.97 Å². The van der Waals surface area contributed by atoms with Crippen molar-refractivity contribution in [1.82, 2.24) is 20.7 Å². The number of hydrogen-bond acceptors (Lipinski definition) is 3. The van der Waals surface area contributed by atoms with Crippen molar-refractivity contribution in [3.05, 3.63) is 36.8 Å². The molecular weight excluding hydrogens is 164 g/mol. The summed E-state index contributed by atoms with van der Waals surface area (Å²) in [6.45, 7) is 0. The van der Waals surface area contributed by atoms with Gasteiger partial charge in [-0.15, -0.1) is 0 Å². The first kappa shape index (κ1) is 7.67. The molecule has 13 heavy (non-hydrogen) atoms. The Bertz CT molecular complexity index is 399. The molecule has 0 spiro atoms. The van der Waals surface area contributed by atoms with Crippen LogP contribution in [0.4, 0.5) is 5.95 Å². The highest BCUT2D eigenvalue weighted by atomic mass is 15.0. The molecule has 4 heteroatoms. The summed E-state index contributed by atoms with van der Waals surface area (Å²) in [7, 11) is 0. The van der Waals surface area contributed by atoms with Gasteiger partial charge in [-0.1, -0.05) is 0 Å². The quantitative estimate of drug-likeness (QED) is 0.652. The number of pyridine rings is 1. The molecule has 1 radical (unpaired) electrons. The van der Waals surface area contributed by atoms with Crippen LogP contribution in [0.25, 0.3) is 11.3 Å². The van der Waals surface area contributed by atoms with Crippen molar-refractivity contribution in [2.45, 2.75) is 0 Å². The molecule has 0 unspecified atom stereocenters. The molecule has 63 valence electrons. The summed E-state index contributed by atoms with van der Waals surface area (Å²) in [6.07, 6.45) is 4.98. The summed E-state index contributed by atoms with van der Waals surface area (Å²) >= 11 is 0. The van der Waals surface area contributed by atoms with Gasteiger partial charge in [-0.2, -0.15) is 0 Å². The van der Waals surface area contributed by atoms with E-state index in [9.17, 15) is 0 Å². The van der Waals surface area contributed by atoms with Gasteiger partial charge >= 0.3 is 0 Å². The van der Waals surface area contributed by atoms with Gasteiger partial charge in [0.25, 0.3) is 0 Å². The summed E-state index contributed by atoms with van der Waals surface area (Å²) < 4.78 is 0. The molecule has 0 saturated heterocycles. The Morgan fingerprint density at radius 3 is 2.77 bits per heavy atom. The molecule has 4 nitrogen and oxygen atoms in total. The molecule has 0 aromatic carbocycles. The first-order chi connectivity index (χ1) is 6.36. The first-order valence-corrected chi connectivity index (χ1v) is 3.81. The van der Waals surface area contributed by atoms with E-state index in [1.54, 1.807) is 24.7 Å². The largest absolute Gasteiger partial charge is 0.265 e. The van der Waals surface area contributed by atoms with E-state index in [1.807, 2.05) is 12.1 Å². The average Bonchev–Trinajstić information content (AvgIpc) is 2.19. The van der Waals surface area contributed by atoms with E-state index < -0.39 is 0 Å². The zero-order valence-corrected chi connectivity index (χ0v) is 6.81. The van der Waals surface area contributed by atoms with Crippen molar-refractivity contribution in [2.75, 3.05) is 0 Å². The number of nitrogens with zero attached hydrogens (tertiary/aromatic N) is 3. The zero-order valence-electron chi connectivity index (χ0n) is 6.81. The Morgan fingerprint density at radius 1 is 1.15 bits per heavy atom. The van der Waals surface area contributed by atoms with E-state index in [4.69, 9.17) is 5.73 Å². The lowest BCUT2D eigenvalue weighted by atomic mass is 10.2. The fourth-order valence-electron chi connectivity index (χ4n) is 1.03. The van der Waals surface area contributed by atoms with E-state index in [0.717, 1.165) is 11.3 Å². The minimum atomic E-state index is 0.0290. The van der Waals surface area contributed by atoms with Crippen LogP contribution in [0.5, 0.6) is 0 Å². The highest BCUT2D eigenvalue weighted by molar-refractivity contribution is 5.57. The Morgan fingerprint density at radius 2 is 2.08 bits per heavy atom. The maximum absolute atomic E-state index is 7.24. The molecule has 2 heterocycles. The molecule has 0 fully saturated rings. The third-order valence-corrected chi connectivity index (χ3v) is 1.61. The number of nitrogens with one attached hydrogen (secondary N) is 1. The van der Waals surface area contributed by atoms with Crippen molar-refractivity contribution in [3.8, 4) is 11.3 Å². The Balaban J connectivity index is 2.48. The number of aromatic nitrogens is 3. The van der Waals surface area contributed by atoms with Gasteiger partial charge in [-0.05, 0) is 18.2 Å². The molecule has 2 aromatic rings. The fourth-order valence-corrected chi connectivity index (χ4v) is 1.03. The maximum Gasteiger partial charge on any atom is 0.242 e. The van der Waals surface area contributed by atoms with Gasteiger partial charge in [0.15, 0.2) is 0 Å². The van der Waals surface area contributed by atoms with Crippen molar-refractivity contribution < 1.29 is 0 Å². The first-order valence-electron chi connectivity index (χ1n) is 3.81. The summed E-state index contributed by atoms with van der Waals surface area (Å²) in [4.78, 5) is 11.6. The van der Waals surface area contributed by atoms with Crippen LogP contribution in [0.15, 0.2) is 36.8 Å². The zero-order chi connectivity index (χ0) is 9.10. The highest BCUT2D eigenvalue weighted by Crippen LogP contribution is 2.14. The topological polar surface area (TPSA) is 62.5 Å². The van der Waals surface area contributed by atoms with Gasteiger partial charge in [0, 0.05) is 24.2 Å². The van der Waals surface area contributed by atoms with Crippen LogP contribution in [-0.4, -0.2) is 15.0 Å².